The number of rotatable bonds is 3. The van der Waals surface area contributed by atoms with Crippen LogP contribution in [0.5, 0.6) is 0 Å². The van der Waals surface area contributed by atoms with Crippen molar-refractivity contribution >= 4 is 5.82 Å². The van der Waals surface area contributed by atoms with Gasteiger partial charge in [0.15, 0.2) is 0 Å². The second-order valence-electron chi connectivity index (χ2n) is 7.23. The second kappa shape index (κ2) is 6.23. The molecule has 1 aromatic heterocycles. The van der Waals surface area contributed by atoms with E-state index in [2.05, 4.69) is 19.8 Å². The molecule has 0 amide bonds. The maximum absolute atomic E-state index is 12.9. The fraction of sp³-hybridized carbons (Fsp3) is 0.474. The number of aryl methyl sites for hydroxylation is 2. The highest BCUT2D eigenvalue weighted by Crippen LogP contribution is 2.36. The quantitative estimate of drug-likeness (QED) is 0.836. The van der Waals surface area contributed by atoms with Gasteiger partial charge in [0.25, 0.3) is 0 Å². The van der Waals surface area contributed by atoms with E-state index in [1.165, 1.54) is 12.1 Å². The highest BCUT2D eigenvalue weighted by molar-refractivity contribution is 5.42. The van der Waals surface area contributed by atoms with E-state index < -0.39 is 11.7 Å². The Labute approximate surface area is 150 Å². The van der Waals surface area contributed by atoms with Crippen molar-refractivity contribution in [3.8, 4) is 0 Å². The van der Waals surface area contributed by atoms with Gasteiger partial charge in [-0.3, -0.25) is 4.90 Å². The number of benzene rings is 1. The molecule has 3 saturated heterocycles. The summed E-state index contributed by atoms with van der Waals surface area (Å²) in [5.41, 5.74) is 1.10. The van der Waals surface area contributed by atoms with Crippen molar-refractivity contribution in [2.45, 2.75) is 45.1 Å². The first-order chi connectivity index (χ1) is 12.3. The molecule has 0 aliphatic carbocycles. The zero-order chi connectivity index (χ0) is 18.5. The smallest absolute Gasteiger partial charge is 0.353 e. The average Bonchev–Trinajstić information content (AvgIpc) is 2.58. The third kappa shape index (κ3) is 3.28. The van der Waals surface area contributed by atoms with Crippen LogP contribution >= 0.6 is 0 Å². The van der Waals surface area contributed by atoms with Gasteiger partial charge in [0.05, 0.1) is 5.56 Å². The minimum atomic E-state index is -4.29. The zero-order valence-corrected chi connectivity index (χ0v) is 14.8. The number of aromatic nitrogens is 2. The van der Waals surface area contributed by atoms with Gasteiger partial charge in [0, 0.05) is 43.5 Å². The van der Waals surface area contributed by atoms with E-state index in [9.17, 15) is 13.2 Å². The van der Waals surface area contributed by atoms with Crippen molar-refractivity contribution in [3.05, 3.63) is 53.0 Å². The van der Waals surface area contributed by atoms with Gasteiger partial charge in [0.1, 0.15) is 11.6 Å². The van der Waals surface area contributed by atoms with Gasteiger partial charge in [-0.05, 0) is 31.9 Å². The first-order valence-electron chi connectivity index (χ1n) is 8.79. The molecule has 5 rings (SSSR count). The van der Waals surface area contributed by atoms with Crippen molar-refractivity contribution in [1.82, 2.24) is 14.9 Å². The molecule has 3 fully saturated rings. The Balaban J connectivity index is 1.45. The minimum Gasteiger partial charge on any atom is -0.353 e. The van der Waals surface area contributed by atoms with Gasteiger partial charge in [-0.1, -0.05) is 18.2 Å². The highest BCUT2D eigenvalue weighted by Gasteiger charge is 2.44. The van der Waals surface area contributed by atoms with Crippen molar-refractivity contribution in [3.63, 3.8) is 0 Å². The molecule has 0 spiro atoms. The Hall–Kier alpha value is -2.15. The first kappa shape index (κ1) is 17.3. The molecule has 7 heteroatoms. The number of fused-ring (bicyclic) bond motifs is 2. The third-order valence-electron chi connectivity index (χ3n) is 5.24. The van der Waals surface area contributed by atoms with E-state index >= 15 is 0 Å². The number of halogens is 3. The molecule has 1 aromatic carbocycles. The first-order valence-corrected chi connectivity index (χ1v) is 8.79. The van der Waals surface area contributed by atoms with Gasteiger partial charge >= 0.3 is 6.18 Å². The summed E-state index contributed by atoms with van der Waals surface area (Å²) in [4.78, 5) is 13.4. The number of hydrogen-bond acceptors (Lipinski definition) is 4. The van der Waals surface area contributed by atoms with Crippen LogP contribution in [0.1, 0.15) is 29.1 Å². The normalized spacial score (nSPS) is 23.0. The Morgan fingerprint density at radius 3 is 2.46 bits per heavy atom. The summed E-state index contributed by atoms with van der Waals surface area (Å²) in [6, 6.07) is 8.38. The monoisotopic (exact) mass is 362 g/mol. The molecule has 3 aliphatic heterocycles. The predicted molar refractivity (Wildman–Crippen MR) is 92.9 cm³/mol. The van der Waals surface area contributed by atoms with E-state index in [0.717, 1.165) is 48.5 Å². The SMILES string of the molecule is Cc1cc(N2CC3CC(C2)N3Cc2cccc(C(F)(F)F)c2)nc(C)n1. The summed E-state index contributed by atoms with van der Waals surface area (Å²) >= 11 is 0. The Bertz CT molecular complexity index is 788. The number of piperazine rings is 1. The van der Waals surface area contributed by atoms with Crippen molar-refractivity contribution in [2.24, 2.45) is 0 Å². The lowest BCUT2D eigenvalue weighted by atomic mass is 9.86. The van der Waals surface area contributed by atoms with Gasteiger partial charge < -0.3 is 4.90 Å². The van der Waals surface area contributed by atoms with Crippen LogP contribution in [0.4, 0.5) is 19.0 Å². The average molecular weight is 362 g/mol. The molecule has 3 aliphatic rings. The minimum absolute atomic E-state index is 0.360. The number of hydrogen-bond donors (Lipinski definition) is 0. The predicted octanol–water partition coefficient (Wildman–Crippen LogP) is 3.58. The summed E-state index contributed by atoms with van der Waals surface area (Å²) in [5, 5.41) is 0. The van der Waals surface area contributed by atoms with Gasteiger partial charge in [0.2, 0.25) is 0 Å². The summed E-state index contributed by atoms with van der Waals surface area (Å²) in [6.07, 6.45) is -3.20. The van der Waals surface area contributed by atoms with Crippen LogP contribution in [0.2, 0.25) is 0 Å². The molecular formula is C19H21F3N4. The van der Waals surface area contributed by atoms with E-state index in [1.54, 1.807) is 6.07 Å². The third-order valence-corrected chi connectivity index (χ3v) is 5.24. The van der Waals surface area contributed by atoms with Crippen LogP contribution in [-0.2, 0) is 12.7 Å². The molecule has 138 valence electrons. The number of alkyl halides is 3. The van der Waals surface area contributed by atoms with Gasteiger partial charge in [-0.15, -0.1) is 0 Å². The van der Waals surface area contributed by atoms with E-state index in [-0.39, 0.29) is 0 Å². The zero-order valence-electron chi connectivity index (χ0n) is 14.8. The maximum Gasteiger partial charge on any atom is 0.416 e. The molecule has 0 N–H and O–H groups in total. The molecule has 4 heterocycles. The van der Waals surface area contributed by atoms with Crippen molar-refractivity contribution in [2.75, 3.05) is 18.0 Å². The fourth-order valence-electron chi connectivity index (χ4n) is 4.05. The molecule has 0 saturated carbocycles. The van der Waals surface area contributed by atoms with Gasteiger partial charge in [-0.25, -0.2) is 9.97 Å². The summed E-state index contributed by atoms with van der Waals surface area (Å²) in [7, 11) is 0. The summed E-state index contributed by atoms with van der Waals surface area (Å²) in [5.74, 6) is 1.71. The Morgan fingerprint density at radius 1 is 1.08 bits per heavy atom. The van der Waals surface area contributed by atoms with Crippen LogP contribution in [0.3, 0.4) is 0 Å². The lowest BCUT2D eigenvalue weighted by Gasteiger charge is -2.56. The molecule has 2 atom stereocenters. The number of anilines is 1. The summed E-state index contributed by atoms with van der Waals surface area (Å²) < 4.78 is 38.7. The van der Waals surface area contributed by atoms with E-state index in [1.807, 2.05) is 19.9 Å². The molecular weight excluding hydrogens is 341 g/mol. The van der Waals surface area contributed by atoms with Crippen LogP contribution < -0.4 is 4.90 Å². The Kier molecular flexibility index (Phi) is 4.14. The van der Waals surface area contributed by atoms with E-state index in [0.29, 0.717) is 18.6 Å². The molecule has 26 heavy (non-hydrogen) atoms. The van der Waals surface area contributed by atoms with Crippen LogP contribution in [0.15, 0.2) is 30.3 Å². The Morgan fingerprint density at radius 2 is 1.81 bits per heavy atom. The molecule has 0 radical (unpaired) electrons. The van der Waals surface area contributed by atoms with Crippen molar-refractivity contribution in [1.29, 1.82) is 0 Å². The lowest BCUT2D eigenvalue weighted by Crippen LogP contribution is -2.68. The van der Waals surface area contributed by atoms with Crippen LogP contribution in [0, 0.1) is 13.8 Å². The van der Waals surface area contributed by atoms with Gasteiger partial charge in [-0.2, -0.15) is 13.2 Å². The van der Waals surface area contributed by atoms with Crippen molar-refractivity contribution < 1.29 is 13.2 Å². The molecule has 2 bridgehead atoms. The fourth-order valence-corrected chi connectivity index (χ4v) is 4.05. The maximum atomic E-state index is 12.9. The lowest BCUT2D eigenvalue weighted by molar-refractivity contribution is -0.137. The van der Waals surface area contributed by atoms with E-state index in [4.69, 9.17) is 0 Å². The van der Waals surface area contributed by atoms with Crippen LogP contribution in [0.25, 0.3) is 0 Å². The molecule has 4 nitrogen and oxygen atoms in total. The standard InChI is InChI=1S/C19H21F3N4/c1-12-6-18(24-13(2)23-12)25-10-16-8-17(11-25)26(16)9-14-4-3-5-15(7-14)19(20,21)22/h3-7,16-17H,8-11H2,1-2H3. The molecule has 2 unspecified atom stereocenters. The second-order valence-corrected chi connectivity index (χ2v) is 7.23. The number of nitrogens with zero attached hydrogens (tertiary/aromatic N) is 4. The topological polar surface area (TPSA) is 32.3 Å². The summed E-state index contributed by atoms with van der Waals surface area (Å²) in [6.45, 7) is 6.12. The number of piperidine rings is 1. The largest absolute Gasteiger partial charge is 0.416 e. The highest BCUT2D eigenvalue weighted by atomic mass is 19.4. The van der Waals surface area contributed by atoms with Crippen LogP contribution in [-0.4, -0.2) is 40.0 Å². The molecule has 2 aromatic rings.